The molecule has 0 saturated carbocycles. The highest BCUT2D eigenvalue weighted by Crippen LogP contribution is 2.29. The van der Waals surface area contributed by atoms with Crippen molar-refractivity contribution in [1.29, 1.82) is 0 Å². The maximum atomic E-state index is 5.92. The number of aromatic nitrogens is 2. The first-order valence-corrected chi connectivity index (χ1v) is 7.55. The molecule has 20 heavy (non-hydrogen) atoms. The Hall–Kier alpha value is -0.980. The summed E-state index contributed by atoms with van der Waals surface area (Å²) in [5.41, 5.74) is -0.301. The maximum Gasteiger partial charge on any atom is 0.246 e. The fourth-order valence-electron chi connectivity index (χ4n) is 3.11. The summed E-state index contributed by atoms with van der Waals surface area (Å²) < 4.78 is 11.3. The van der Waals surface area contributed by atoms with E-state index in [-0.39, 0.29) is 11.6 Å². The van der Waals surface area contributed by atoms with Crippen LogP contribution in [-0.2, 0) is 10.3 Å². The van der Waals surface area contributed by atoms with Crippen LogP contribution in [0.1, 0.15) is 51.4 Å². The quantitative estimate of drug-likeness (QED) is 0.900. The van der Waals surface area contributed by atoms with Gasteiger partial charge in [0.25, 0.3) is 0 Å². The van der Waals surface area contributed by atoms with Crippen molar-refractivity contribution in [1.82, 2.24) is 20.4 Å². The van der Waals surface area contributed by atoms with Gasteiger partial charge in [0.1, 0.15) is 6.10 Å². The first-order valence-electron chi connectivity index (χ1n) is 7.55. The Balaban J connectivity index is 1.70. The zero-order valence-electron chi connectivity index (χ0n) is 12.6. The molecule has 0 aromatic carbocycles. The molecule has 3 rings (SSSR count). The van der Waals surface area contributed by atoms with Gasteiger partial charge in [0.15, 0.2) is 0 Å². The monoisotopic (exact) mass is 280 g/mol. The summed E-state index contributed by atoms with van der Waals surface area (Å²) in [6.45, 7) is 9.85. The molecule has 2 aliphatic rings. The van der Waals surface area contributed by atoms with Crippen molar-refractivity contribution in [2.75, 3.05) is 26.2 Å². The van der Waals surface area contributed by atoms with Crippen LogP contribution in [0.3, 0.4) is 0 Å². The minimum absolute atomic E-state index is 0.0562. The van der Waals surface area contributed by atoms with Crippen LogP contribution < -0.4 is 5.32 Å². The van der Waals surface area contributed by atoms with Crippen LogP contribution in [0.25, 0.3) is 0 Å². The molecule has 2 fully saturated rings. The Labute approximate surface area is 119 Å². The number of nitrogens with one attached hydrogen (secondary N) is 1. The molecule has 0 radical (unpaired) electrons. The molecule has 2 atom stereocenters. The number of nitrogens with zero attached hydrogens (tertiary/aromatic N) is 3. The molecular weight excluding hydrogens is 256 g/mol. The van der Waals surface area contributed by atoms with Gasteiger partial charge in [-0.3, -0.25) is 4.90 Å². The number of fused-ring (bicyclic) bond motifs is 1. The van der Waals surface area contributed by atoms with Gasteiger partial charge in [-0.05, 0) is 39.8 Å². The number of rotatable bonds is 4. The van der Waals surface area contributed by atoms with Crippen LogP contribution >= 0.6 is 0 Å². The van der Waals surface area contributed by atoms with Crippen LogP contribution in [-0.4, -0.2) is 47.3 Å². The normalized spacial score (nSPS) is 27.8. The predicted octanol–water partition coefficient (Wildman–Crippen LogP) is 1.45. The van der Waals surface area contributed by atoms with Crippen molar-refractivity contribution in [3.63, 3.8) is 0 Å². The zero-order chi connectivity index (χ0) is 14.2. The number of hydrogen-bond acceptors (Lipinski definition) is 6. The third-order valence-corrected chi connectivity index (χ3v) is 4.27. The molecule has 1 N–H and O–H groups in total. The number of hydrogen-bond donors (Lipinski definition) is 1. The summed E-state index contributed by atoms with van der Waals surface area (Å²) in [5.74, 6) is 1.30. The Morgan fingerprint density at radius 3 is 3.10 bits per heavy atom. The van der Waals surface area contributed by atoms with Crippen LogP contribution in [0.4, 0.5) is 0 Å². The second-order valence-electron chi connectivity index (χ2n) is 6.23. The van der Waals surface area contributed by atoms with Crippen molar-refractivity contribution >= 4 is 0 Å². The third-order valence-electron chi connectivity index (χ3n) is 4.27. The predicted molar refractivity (Wildman–Crippen MR) is 74.3 cm³/mol. The second kappa shape index (κ2) is 5.42. The van der Waals surface area contributed by atoms with Crippen LogP contribution in [0.15, 0.2) is 4.52 Å². The molecule has 2 unspecified atom stereocenters. The van der Waals surface area contributed by atoms with Crippen LogP contribution in [0, 0.1) is 0 Å². The summed E-state index contributed by atoms with van der Waals surface area (Å²) in [7, 11) is 0. The van der Waals surface area contributed by atoms with Crippen molar-refractivity contribution in [3.8, 4) is 0 Å². The van der Waals surface area contributed by atoms with E-state index in [0.717, 1.165) is 26.2 Å². The summed E-state index contributed by atoms with van der Waals surface area (Å²) in [5, 5.41) is 7.47. The molecule has 112 valence electrons. The van der Waals surface area contributed by atoms with E-state index in [0.29, 0.717) is 17.8 Å². The molecule has 0 aliphatic carbocycles. The Bertz CT molecular complexity index is 460. The summed E-state index contributed by atoms with van der Waals surface area (Å²) >= 11 is 0. The SMILES string of the molecule is CCNC(C)(C)c1nc(C2CN3CCCC3CO2)no1. The molecule has 1 aromatic rings. The van der Waals surface area contributed by atoms with Crippen molar-refractivity contribution in [2.45, 2.75) is 51.3 Å². The first kappa shape index (κ1) is 14.0. The van der Waals surface area contributed by atoms with Gasteiger partial charge in [-0.1, -0.05) is 12.1 Å². The Morgan fingerprint density at radius 2 is 2.30 bits per heavy atom. The molecule has 6 nitrogen and oxygen atoms in total. The molecular formula is C14H24N4O2. The highest BCUT2D eigenvalue weighted by molar-refractivity contribution is 5.02. The molecule has 0 amide bonds. The molecule has 1 aromatic heterocycles. The van der Waals surface area contributed by atoms with E-state index < -0.39 is 0 Å². The standard InChI is InChI=1S/C14H24N4O2/c1-4-15-14(2,3)13-16-12(17-20-13)11-8-18-7-5-6-10(18)9-19-11/h10-11,15H,4-9H2,1-3H3. The lowest BCUT2D eigenvalue weighted by Crippen LogP contribution is -2.42. The Morgan fingerprint density at radius 1 is 1.45 bits per heavy atom. The Kier molecular flexibility index (Phi) is 3.79. The highest BCUT2D eigenvalue weighted by atomic mass is 16.5. The average Bonchev–Trinajstić information content (AvgIpc) is 3.07. The molecule has 0 bridgehead atoms. The lowest BCUT2D eigenvalue weighted by atomic mass is 10.1. The zero-order valence-corrected chi connectivity index (χ0v) is 12.6. The van der Waals surface area contributed by atoms with Gasteiger partial charge in [0, 0.05) is 12.6 Å². The molecule has 3 heterocycles. The minimum atomic E-state index is -0.301. The number of ether oxygens (including phenoxy) is 1. The van der Waals surface area contributed by atoms with Gasteiger partial charge in [-0.25, -0.2) is 0 Å². The van der Waals surface area contributed by atoms with E-state index >= 15 is 0 Å². The number of morpholine rings is 1. The lowest BCUT2D eigenvalue weighted by Gasteiger charge is -2.33. The van der Waals surface area contributed by atoms with E-state index in [9.17, 15) is 0 Å². The largest absolute Gasteiger partial charge is 0.367 e. The summed E-state index contributed by atoms with van der Waals surface area (Å²) in [6.07, 6.45) is 2.46. The van der Waals surface area contributed by atoms with Gasteiger partial charge in [0.05, 0.1) is 12.1 Å². The van der Waals surface area contributed by atoms with E-state index in [1.165, 1.54) is 12.8 Å². The van der Waals surface area contributed by atoms with Gasteiger partial charge < -0.3 is 14.6 Å². The lowest BCUT2D eigenvalue weighted by molar-refractivity contribution is -0.0548. The van der Waals surface area contributed by atoms with E-state index in [2.05, 4.69) is 27.3 Å². The van der Waals surface area contributed by atoms with Crippen LogP contribution in [0.2, 0.25) is 0 Å². The maximum absolute atomic E-state index is 5.92. The highest BCUT2D eigenvalue weighted by Gasteiger charge is 2.36. The minimum Gasteiger partial charge on any atom is -0.367 e. The fraction of sp³-hybridized carbons (Fsp3) is 0.857. The van der Waals surface area contributed by atoms with Gasteiger partial charge in [-0.15, -0.1) is 0 Å². The van der Waals surface area contributed by atoms with Crippen molar-refractivity contribution in [3.05, 3.63) is 11.7 Å². The third kappa shape index (κ3) is 2.60. The molecule has 2 aliphatic heterocycles. The van der Waals surface area contributed by atoms with Crippen molar-refractivity contribution < 1.29 is 9.26 Å². The average molecular weight is 280 g/mol. The second-order valence-corrected chi connectivity index (χ2v) is 6.23. The molecule has 6 heteroatoms. The van der Waals surface area contributed by atoms with Gasteiger partial charge >= 0.3 is 0 Å². The van der Waals surface area contributed by atoms with E-state index in [1.807, 2.05) is 13.8 Å². The van der Waals surface area contributed by atoms with Crippen LogP contribution in [0.5, 0.6) is 0 Å². The fourth-order valence-corrected chi connectivity index (χ4v) is 3.11. The van der Waals surface area contributed by atoms with E-state index in [4.69, 9.17) is 9.26 Å². The first-order chi connectivity index (χ1) is 9.60. The van der Waals surface area contributed by atoms with Gasteiger partial charge in [-0.2, -0.15) is 4.98 Å². The van der Waals surface area contributed by atoms with E-state index in [1.54, 1.807) is 0 Å². The van der Waals surface area contributed by atoms with Gasteiger partial charge in [0.2, 0.25) is 11.7 Å². The van der Waals surface area contributed by atoms with Crippen molar-refractivity contribution in [2.24, 2.45) is 0 Å². The molecule has 0 spiro atoms. The summed E-state index contributed by atoms with van der Waals surface area (Å²) in [6, 6.07) is 0.593. The summed E-state index contributed by atoms with van der Waals surface area (Å²) in [4.78, 5) is 7.03. The smallest absolute Gasteiger partial charge is 0.246 e. The topological polar surface area (TPSA) is 63.4 Å². The molecule has 2 saturated heterocycles.